The maximum absolute atomic E-state index is 5.35. The van der Waals surface area contributed by atoms with Crippen molar-refractivity contribution in [3.8, 4) is 0 Å². The summed E-state index contributed by atoms with van der Waals surface area (Å²) in [6, 6.07) is 0. The molecule has 0 aliphatic carbocycles. The molecule has 1 rings (SSSR count). The second kappa shape index (κ2) is 6.19. The first-order valence-electron chi connectivity index (χ1n) is 4.88. The number of aromatic nitrogens is 1. The Kier molecular flexibility index (Phi) is 5.61. The Morgan fingerprint density at radius 1 is 1.36 bits per heavy atom. The van der Waals surface area contributed by atoms with Gasteiger partial charge in [0.1, 0.15) is 0 Å². The van der Waals surface area contributed by atoms with Crippen LogP contribution in [0.4, 0.5) is 0 Å². The molecule has 14 heavy (non-hydrogen) atoms. The minimum atomic E-state index is 0.704. The molecule has 0 aliphatic rings. The topological polar surface area (TPSA) is 26.0 Å². The van der Waals surface area contributed by atoms with E-state index in [2.05, 4.69) is 11.6 Å². The Hall–Kier alpha value is -1.31. The quantitative estimate of drug-likeness (QED) is 0.665. The third kappa shape index (κ3) is 3.60. The average molecular weight is 193 g/mol. The van der Waals surface area contributed by atoms with Crippen LogP contribution in [-0.2, 0) is 0 Å². The monoisotopic (exact) mass is 193 g/mol. The second-order valence-corrected chi connectivity index (χ2v) is 2.78. The molecule has 0 fully saturated rings. The molecule has 0 saturated carbocycles. The van der Waals surface area contributed by atoms with Gasteiger partial charge in [-0.05, 0) is 25.5 Å². The molecule has 0 amide bonds. The predicted octanol–water partition coefficient (Wildman–Crippen LogP) is 3.91. The van der Waals surface area contributed by atoms with Gasteiger partial charge in [0, 0.05) is 6.92 Å². The summed E-state index contributed by atoms with van der Waals surface area (Å²) in [6.45, 7) is 13.4. The Balaban J connectivity index is 0.000000791. The first kappa shape index (κ1) is 12.7. The largest absolute Gasteiger partial charge is 0.441 e. The van der Waals surface area contributed by atoms with Crippen molar-refractivity contribution < 1.29 is 4.42 Å². The van der Waals surface area contributed by atoms with Crippen molar-refractivity contribution in [2.24, 2.45) is 0 Å². The van der Waals surface area contributed by atoms with E-state index in [0.717, 1.165) is 17.0 Å². The number of rotatable bonds is 2. The number of nitrogens with zero attached hydrogens (tertiary/aromatic N) is 1. The van der Waals surface area contributed by atoms with Crippen LogP contribution in [0.5, 0.6) is 0 Å². The van der Waals surface area contributed by atoms with Crippen LogP contribution in [0.1, 0.15) is 38.1 Å². The Labute approximate surface area is 86.4 Å². The van der Waals surface area contributed by atoms with Crippen molar-refractivity contribution in [2.45, 2.75) is 34.6 Å². The van der Waals surface area contributed by atoms with E-state index < -0.39 is 0 Å². The van der Waals surface area contributed by atoms with Gasteiger partial charge in [-0.3, -0.25) is 0 Å². The highest BCUT2D eigenvalue weighted by atomic mass is 16.4. The molecule has 1 aromatic rings. The molecule has 0 radical (unpaired) electrons. The van der Waals surface area contributed by atoms with Gasteiger partial charge in [-0.25, -0.2) is 4.98 Å². The average Bonchev–Trinajstić information content (AvgIpc) is 2.48. The molecule has 0 bridgehead atoms. The van der Waals surface area contributed by atoms with E-state index >= 15 is 0 Å². The summed E-state index contributed by atoms with van der Waals surface area (Å²) in [4.78, 5) is 4.15. The molecule has 0 aromatic carbocycles. The lowest BCUT2D eigenvalue weighted by Gasteiger charge is -1.89. The van der Waals surface area contributed by atoms with Crippen LogP contribution in [0.25, 0.3) is 6.08 Å². The van der Waals surface area contributed by atoms with Crippen molar-refractivity contribution in [3.05, 3.63) is 35.6 Å². The highest BCUT2D eigenvalue weighted by molar-refractivity contribution is 5.51. The van der Waals surface area contributed by atoms with Crippen LogP contribution in [0.2, 0.25) is 0 Å². The number of aryl methyl sites for hydroxylation is 2. The zero-order valence-corrected chi connectivity index (χ0v) is 9.72. The van der Waals surface area contributed by atoms with Crippen molar-refractivity contribution >= 4 is 6.08 Å². The van der Waals surface area contributed by atoms with Gasteiger partial charge < -0.3 is 4.42 Å². The number of oxazole rings is 1. The van der Waals surface area contributed by atoms with E-state index in [1.54, 1.807) is 6.08 Å². The summed E-state index contributed by atoms with van der Waals surface area (Å²) in [5, 5.41) is 0. The van der Waals surface area contributed by atoms with Crippen LogP contribution >= 0.6 is 0 Å². The van der Waals surface area contributed by atoms with Crippen LogP contribution in [0.3, 0.4) is 0 Å². The summed E-state index contributed by atoms with van der Waals surface area (Å²) >= 11 is 0. The third-order valence-corrected chi connectivity index (χ3v) is 1.62. The van der Waals surface area contributed by atoms with Gasteiger partial charge in [0.25, 0.3) is 0 Å². The molecular formula is C12H19NO. The smallest absolute Gasteiger partial charge is 0.191 e. The molecule has 0 spiro atoms. The zero-order valence-electron chi connectivity index (χ0n) is 9.72. The van der Waals surface area contributed by atoms with Gasteiger partial charge in [0.2, 0.25) is 0 Å². The van der Waals surface area contributed by atoms with Gasteiger partial charge in [0.15, 0.2) is 11.7 Å². The van der Waals surface area contributed by atoms with E-state index in [-0.39, 0.29) is 0 Å². The van der Waals surface area contributed by atoms with Crippen LogP contribution < -0.4 is 0 Å². The molecule has 0 unspecified atom stereocenters. The van der Waals surface area contributed by atoms with Gasteiger partial charge in [-0.15, -0.1) is 0 Å². The lowest BCUT2D eigenvalue weighted by molar-refractivity contribution is 0.512. The third-order valence-electron chi connectivity index (χ3n) is 1.62. The van der Waals surface area contributed by atoms with E-state index in [0.29, 0.717) is 5.89 Å². The van der Waals surface area contributed by atoms with E-state index in [9.17, 15) is 0 Å². The standard InChI is InChI=1S/C10H13NO.C2H6/c1-5-7(2)6-10-8(3)11-9(4)12-10;1-2/h5-6H,1H2,2-4H3;1-2H3/b7-6-;. The normalized spacial score (nSPS) is 10.5. The van der Waals surface area contributed by atoms with Gasteiger partial charge >= 0.3 is 0 Å². The summed E-state index contributed by atoms with van der Waals surface area (Å²) in [5.41, 5.74) is 2.00. The molecule has 0 atom stereocenters. The van der Waals surface area contributed by atoms with Crippen molar-refractivity contribution in [1.29, 1.82) is 0 Å². The number of hydrogen-bond acceptors (Lipinski definition) is 2. The Bertz CT molecular complexity index is 321. The minimum absolute atomic E-state index is 0.704. The SMILES string of the molecule is C=C/C(C)=C\c1oc(C)nc1C.CC. The Morgan fingerprint density at radius 2 is 1.93 bits per heavy atom. The van der Waals surface area contributed by atoms with Crippen LogP contribution in [0.15, 0.2) is 22.6 Å². The molecule has 2 nitrogen and oxygen atoms in total. The molecule has 2 heteroatoms. The van der Waals surface area contributed by atoms with E-state index in [1.165, 1.54) is 0 Å². The van der Waals surface area contributed by atoms with Crippen molar-refractivity contribution in [3.63, 3.8) is 0 Å². The summed E-state index contributed by atoms with van der Waals surface area (Å²) in [7, 11) is 0. The maximum atomic E-state index is 5.35. The van der Waals surface area contributed by atoms with Crippen molar-refractivity contribution in [1.82, 2.24) is 4.98 Å². The molecule has 78 valence electrons. The summed E-state index contributed by atoms with van der Waals surface area (Å²) in [5.74, 6) is 1.53. The number of allylic oxidation sites excluding steroid dienone is 2. The highest BCUT2D eigenvalue weighted by Gasteiger charge is 2.02. The van der Waals surface area contributed by atoms with Gasteiger partial charge in [-0.2, -0.15) is 0 Å². The molecule has 0 aliphatic heterocycles. The van der Waals surface area contributed by atoms with Crippen LogP contribution in [-0.4, -0.2) is 4.98 Å². The predicted molar refractivity (Wildman–Crippen MR) is 61.2 cm³/mol. The first-order valence-corrected chi connectivity index (χ1v) is 4.88. The highest BCUT2D eigenvalue weighted by Crippen LogP contribution is 2.13. The fourth-order valence-electron chi connectivity index (χ4n) is 0.947. The Morgan fingerprint density at radius 3 is 2.29 bits per heavy atom. The lowest BCUT2D eigenvalue weighted by atomic mass is 10.2. The molecule has 1 heterocycles. The fourth-order valence-corrected chi connectivity index (χ4v) is 0.947. The molecule has 0 N–H and O–H groups in total. The summed E-state index contributed by atoms with van der Waals surface area (Å²) in [6.07, 6.45) is 3.72. The number of hydrogen-bond donors (Lipinski definition) is 0. The minimum Gasteiger partial charge on any atom is -0.441 e. The second-order valence-electron chi connectivity index (χ2n) is 2.78. The zero-order chi connectivity index (χ0) is 11.1. The molecular weight excluding hydrogens is 174 g/mol. The lowest BCUT2D eigenvalue weighted by Crippen LogP contribution is -1.75. The van der Waals surface area contributed by atoms with Gasteiger partial charge in [0.05, 0.1) is 5.69 Å². The maximum Gasteiger partial charge on any atom is 0.191 e. The molecule has 0 saturated heterocycles. The van der Waals surface area contributed by atoms with E-state index in [1.807, 2.05) is 40.7 Å². The van der Waals surface area contributed by atoms with Crippen LogP contribution in [0, 0.1) is 13.8 Å². The fraction of sp³-hybridized carbons (Fsp3) is 0.417. The molecule has 1 aromatic heterocycles. The first-order chi connectivity index (χ1) is 6.63. The van der Waals surface area contributed by atoms with Crippen molar-refractivity contribution in [2.75, 3.05) is 0 Å². The summed E-state index contributed by atoms with van der Waals surface area (Å²) < 4.78 is 5.35. The van der Waals surface area contributed by atoms with Gasteiger partial charge in [-0.1, -0.05) is 26.5 Å². The van der Waals surface area contributed by atoms with E-state index in [4.69, 9.17) is 4.42 Å².